The van der Waals surface area contributed by atoms with Crippen LogP contribution in [-0.2, 0) is 11.2 Å². The average Bonchev–Trinajstić information content (AvgIpc) is 3.25. The molecule has 0 unspecified atom stereocenters. The van der Waals surface area contributed by atoms with Gasteiger partial charge in [0.15, 0.2) is 5.82 Å². The first-order valence-corrected chi connectivity index (χ1v) is 7.67. The maximum atomic E-state index is 12.5. The van der Waals surface area contributed by atoms with Gasteiger partial charge in [-0.2, -0.15) is 4.98 Å². The predicted molar refractivity (Wildman–Crippen MR) is 77.4 cm³/mol. The third-order valence-corrected chi connectivity index (χ3v) is 4.51. The molecule has 0 aromatic carbocycles. The Bertz CT molecular complexity index is 704. The zero-order valence-corrected chi connectivity index (χ0v) is 12.8. The fraction of sp³-hybridized carbons (Fsp3) is 0.533. The summed E-state index contributed by atoms with van der Waals surface area (Å²) in [6, 6.07) is 0. The van der Waals surface area contributed by atoms with Gasteiger partial charge in [0.05, 0.1) is 18.9 Å². The molecule has 2 aromatic rings. The molecule has 0 spiro atoms. The minimum atomic E-state index is -0.0940. The van der Waals surface area contributed by atoms with E-state index in [0.717, 1.165) is 0 Å². The number of hydrogen-bond donors (Lipinski definition) is 0. The van der Waals surface area contributed by atoms with E-state index in [9.17, 15) is 4.79 Å². The van der Waals surface area contributed by atoms with E-state index in [0.29, 0.717) is 55.4 Å². The highest BCUT2D eigenvalue weighted by Crippen LogP contribution is 2.35. The van der Waals surface area contributed by atoms with E-state index in [1.807, 2.05) is 0 Å². The van der Waals surface area contributed by atoms with Gasteiger partial charge in [0.25, 0.3) is 5.91 Å². The van der Waals surface area contributed by atoms with E-state index in [2.05, 4.69) is 20.1 Å². The van der Waals surface area contributed by atoms with Crippen molar-refractivity contribution in [1.82, 2.24) is 25.0 Å². The highest BCUT2D eigenvalue weighted by molar-refractivity contribution is 5.92. The first kappa shape index (κ1) is 14.3. The van der Waals surface area contributed by atoms with E-state index >= 15 is 0 Å². The van der Waals surface area contributed by atoms with Gasteiger partial charge in [0, 0.05) is 37.8 Å². The second kappa shape index (κ2) is 5.69. The van der Waals surface area contributed by atoms with Crippen LogP contribution in [0.1, 0.15) is 22.2 Å². The van der Waals surface area contributed by atoms with Gasteiger partial charge in [-0.15, -0.1) is 0 Å². The van der Waals surface area contributed by atoms with Crippen LogP contribution in [0.2, 0.25) is 0 Å². The van der Waals surface area contributed by atoms with Crippen molar-refractivity contribution in [1.29, 1.82) is 0 Å². The van der Waals surface area contributed by atoms with Crippen molar-refractivity contribution in [2.24, 2.45) is 11.8 Å². The van der Waals surface area contributed by atoms with E-state index in [1.54, 1.807) is 18.0 Å². The molecule has 120 valence electrons. The molecule has 0 saturated carbocycles. The lowest BCUT2D eigenvalue weighted by Gasteiger charge is -2.18. The third-order valence-electron chi connectivity index (χ3n) is 4.51. The van der Waals surface area contributed by atoms with Crippen LogP contribution in [0.15, 0.2) is 23.1 Å². The summed E-state index contributed by atoms with van der Waals surface area (Å²) in [4.78, 5) is 26.6. The van der Waals surface area contributed by atoms with Gasteiger partial charge in [-0.1, -0.05) is 5.16 Å². The SMILES string of the molecule is Cc1noc(C[C@@H]2CO[C@@H]3CN(C(=O)c4cnccn4)C[C@H]23)n1. The maximum Gasteiger partial charge on any atom is 0.274 e. The Balaban J connectivity index is 1.44. The Kier molecular flexibility index (Phi) is 3.53. The summed E-state index contributed by atoms with van der Waals surface area (Å²) in [5.74, 6) is 1.77. The van der Waals surface area contributed by atoms with Crippen LogP contribution in [0, 0.1) is 18.8 Å². The van der Waals surface area contributed by atoms with E-state index in [-0.39, 0.29) is 12.0 Å². The van der Waals surface area contributed by atoms with Crippen LogP contribution in [0.4, 0.5) is 0 Å². The van der Waals surface area contributed by atoms with Gasteiger partial charge in [-0.3, -0.25) is 9.78 Å². The second-order valence-electron chi connectivity index (χ2n) is 6.04. The minimum Gasteiger partial charge on any atom is -0.376 e. The standard InChI is InChI=1S/C15H17N5O3/c1-9-18-14(23-19-9)4-10-8-22-13-7-20(6-11(10)13)15(21)12-5-16-2-3-17-12/h2-3,5,10-11,13H,4,6-8H2,1H3/t10-,11-,13-/m1/s1. The monoisotopic (exact) mass is 315 g/mol. The van der Waals surface area contributed by atoms with E-state index in [4.69, 9.17) is 9.26 Å². The number of aromatic nitrogens is 4. The lowest BCUT2D eigenvalue weighted by Crippen LogP contribution is -2.32. The fourth-order valence-corrected chi connectivity index (χ4v) is 3.39. The van der Waals surface area contributed by atoms with Crippen LogP contribution in [0.3, 0.4) is 0 Å². The molecule has 0 N–H and O–H groups in total. The summed E-state index contributed by atoms with van der Waals surface area (Å²) in [5.41, 5.74) is 0.372. The molecule has 8 heteroatoms. The molecule has 4 heterocycles. The van der Waals surface area contributed by atoms with Crippen LogP contribution < -0.4 is 0 Å². The summed E-state index contributed by atoms with van der Waals surface area (Å²) in [7, 11) is 0. The molecule has 0 bridgehead atoms. The van der Waals surface area contributed by atoms with E-state index < -0.39 is 0 Å². The van der Waals surface area contributed by atoms with Crippen molar-refractivity contribution in [3.05, 3.63) is 36.0 Å². The first-order valence-electron chi connectivity index (χ1n) is 7.67. The van der Waals surface area contributed by atoms with Crippen molar-refractivity contribution < 1.29 is 14.1 Å². The average molecular weight is 315 g/mol. The zero-order valence-electron chi connectivity index (χ0n) is 12.8. The Morgan fingerprint density at radius 1 is 1.39 bits per heavy atom. The van der Waals surface area contributed by atoms with Crippen LogP contribution in [0.5, 0.6) is 0 Å². The topological polar surface area (TPSA) is 94.2 Å². The molecule has 3 atom stereocenters. The van der Waals surface area contributed by atoms with Crippen LogP contribution in [0.25, 0.3) is 0 Å². The second-order valence-corrected chi connectivity index (χ2v) is 6.04. The normalized spacial score (nSPS) is 26.5. The smallest absolute Gasteiger partial charge is 0.274 e. The number of nitrogens with zero attached hydrogens (tertiary/aromatic N) is 5. The van der Waals surface area contributed by atoms with Crippen molar-refractivity contribution in [3.63, 3.8) is 0 Å². The molecular weight excluding hydrogens is 298 g/mol. The Labute approximate surface area is 132 Å². The molecule has 8 nitrogen and oxygen atoms in total. The number of carbonyl (C=O) groups is 1. The Morgan fingerprint density at radius 3 is 3.04 bits per heavy atom. The number of likely N-dealkylation sites (tertiary alicyclic amines) is 1. The maximum absolute atomic E-state index is 12.5. The van der Waals surface area contributed by atoms with Crippen molar-refractivity contribution in [2.45, 2.75) is 19.4 Å². The quantitative estimate of drug-likeness (QED) is 0.814. The molecule has 2 aromatic heterocycles. The minimum absolute atomic E-state index is 0.0737. The van der Waals surface area contributed by atoms with Crippen molar-refractivity contribution in [2.75, 3.05) is 19.7 Å². The Morgan fingerprint density at radius 2 is 2.30 bits per heavy atom. The van der Waals surface area contributed by atoms with Gasteiger partial charge in [-0.05, 0) is 12.8 Å². The molecule has 2 saturated heterocycles. The molecule has 2 fully saturated rings. The first-order chi connectivity index (χ1) is 11.2. The number of ether oxygens (including phenoxy) is 1. The number of hydrogen-bond acceptors (Lipinski definition) is 7. The van der Waals surface area contributed by atoms with Crippen LogP contribution >= 0.6 is 0 Å². The largest absolute Gasteiger partial charge is 0.376 e. The highest BCUT2D eigenvalue weighted by Gasteiger charge is 2.45. The molecule has 23 heavy (non-hydrogen) atoms. The number of aryl methyl sites for hydroxylation is 1. The number of amides is 1. The molecule has 1 amide bonds. The summed E-state index contributed by atoms with van der Waals surface area (Å²) in [5, 5.41) is 3.82. The molecular formula is C15H17N5O3. The van der Waals surface area contributed by atoms with Gasteiger partial charge < -0.3 is 14.2 Å². The summed E-state index contributed by atoms with van der Waals surface area (Å²) >= 11 is 0. The number of rotatable bonds is 3. The van der Waals surface area contributed by atoms with Crippen LogP contribution in [-0.4, -0.2) is 56.7 Å². The summed E-state index contributed by atoms with van der Waals surface area (Å²) in [6.07, 6.45) is 5.35. The van der Waals surface area contributed by atoms with E-state index in [1.165, 1.54) is 12.4 Å². The highest BCUT2D eigenvalue weighted by atomic mass is 16.5. The fourth-order valence-electron chi connectivity index (χ4n) is 3.39. The number of carbonyl (C=O) groups excluding carboxylic acids is 1. The zero-order chi connectivity index (χ0) is 15.8. The van der Waals surface area contributed by atoms with Gasteiger partial charge in [-0.25, -0.2) is 4.98 Å². The molecule has 4 rings (SSSR count). The van der Waals surface area contributed by atoms with Gasteiger partial charge in [0.1, 0.15) is 5.69 Å². The third kappa shape index (κ3) is 2.70. The lowest BCUT2D eigenvalue weighted by molar-refractivity contribution is 0.0671. The lowest BCUT2D eigenvalue weighted by atomic mass is 9.90. The predicted octanol–water partition coefficient (Wildman–Crippen LogP) is 0.498. The molecule has 2 aliphatic heterocycles. The molecule has 0 radical (unpaired) electrons. The Hall–Kier alpha value is -2.35. The molecule has 0 aliphatic carbocycles. The summed E-state index contributed by atoms with van der Waals surface area (Å²) < 4.78 is 11.1. The number of fused-ring (bicyclic) bond motifs is 1. The van der Waals surface area contributed by atoms with Gasteiger partial charge in [0.2, 0.25) is 5.89 Å². The van der Waals surface area contributed by atoms with Gasteiger partial charge >= 0.3 is 0 Å². The van der Waals surface area contributed by atoms with Crippen molar-refractivity contribution in [3.8, 4) is 0 Å². The molecule has 2 aliphatic rings. The summed E-state index contributed by atoms with van der Waals surface area (Å²) in [6.45, 7) is 3.74. The van der Waals surface area contributed by atoms with Crippen molar-refractivity contribution >= 4 is 5.91 Å².